The maximum atomic E-state index is 12.8. The highest BCUT2D eigenvalue weighted by Gasteiger charge is 2.50. The minimum atomic E-state index is -0.854. The first kappa shape index (κ1) is 34.1. The Morgan fingerprint density at radius 3 is 1.47 bits per heavy atom. The lowest BCUT2D eigenvalue weighted by molar-refractivity contribution is -0.128. The number of allylic oxidation sites excluding steroid dienone is 2. The summed E-state index contributed by atoms with van der Waals surface area (Å²) in [5, 5.41) is 5.93. The Morgan fingerprint density at radius 2 is 1.12 bits per heavy atom. The van der Waals surface area contributed by atoms with Crippen LogP contribution in [-0.4, -0.2) is 40.2 Å². The molecule has 0 saturated heterocycles. The summed E-state index contributed by atoms with van der Waals surface area (Å²) < 4.78 is 0. The van der Waals surface area contributed by atoms with Crippen LogP contribution in [0.15, 0.2) is 70.9 Å². The number of aliphatic imine (C=N–C) groups is 2. The number of rotatable bonds is 14. The van der Waals surface area contributed by atoms with Crippen molar-refractivity contribution in [1.29, 1.82) is 0 Å². The van der Waals surface area contributed by atoms with Crippen LogP contribution in [0.4, 0.5) is 0 Å². The van der Waals surface area contributed by atoms with Crippen molar-refractivity contribution in [3.63, 3.8) is 0 Å². The number of amides is 3. The summed E-state index contributed by atoms with van der Waals surface area (Å²) in [6, 6.07) is 17.1. The number of hydrogen-bond donors (Lipinski definition) is 3. The molecule has 49 heavy (non-hydrogen) atoms. The smallest absolute Gasteiger partial charge is 0.243 e. The molecule has 6 rings (SSSR count). The van der Waals surface area contributed by atoms with Crippen LogP contribution in [-0.2, 0) is 14.4 Å². The molecule has 2 saturated carbocycles. The summed E-state index contributed by atoms with van der Waals surface area (Å²) in [7, 11) is 0. The van der Waals surface area contributed by atoms with Crippen LogP contribution in [0.2, 0.25) is 0 Å². The maximum absolute atomic E-state index is 12.8. The van der Waals surface area contributed by atoms with Crippen LogP contribution >= 0.6 is 0 Å². The zero-order chi connectivity index (χ0) is 34.9. The van der Waals surface area contributed by atoms with E-state index in [4.69, 9.17) is 22.1 Å². The molecule has 8 nitrogen and oxygen atoms in total. The third-order valence-electron chi connectivity index (χ3n) is 10.6. The second-order valence-electron chi connectivity index (χ2n) is 14.9. The van der Waals surface area contributed by atoms with Crippen LogP contribution in [0.25, 0.3) is 22.3 Å². The predicted molar refractivity (Wildman–Crippen MR) is 196 cm³/mol. The summed E-state index contributed by atoms with van der Waals surface area (Å²) >= 11 is 0. The lowest BCUT2D eigenvalue weighted by atomic mass is 9.84. The molecule has 0 aromatic heterocycles. The molecular weight excluding hydrogens is 610 g/mol. The molecule has 4 N–H and O–H groups in total. The molecule has 8 heteroatoms. The molecule has 254 valence electrons. The Hall–Kier alpha value is -4.77. The molecule has 0 unspecified atom stereocenters. The lowest BCUT2D eigenvalue weighted by Crippen LogP contribution is -2.47. The highest BCUT2D eigenvalue weighted by molar-refractivity contribution is 6.03. The van der Waals surface area contributed by atoms with E-state index in [9.17, 15) is 14.4 Å². The average molecular weight is 658 g/mol. The Kier molecular flexibility index (Phi) is 9.48. The molecule has 0 radical (unpaired) electrons. The van der Waals surface area contributed by atoms with E-state index in [1.165, 1.54) is 0 Å². The quantitative estimate of drug-likeness (QED) is 0.202. The van der Waals surface area contributed by atoms with Gasteiger partial charge in [0.2, 0.25) is 17.7 Å². The van der Waals surface area contributed by atoms with Crippen molar-refractivity contribution in [3.05, 3.63) is 72.1 Å². The lowest BCUT2D eigenvalue weighted by Gasteiger charge is -2.22. The largest absolute Gasteiger partial charge is 0.368 e. The number of carbonyl (C=O) groups excluding carboxylic acids is 3. The molecule has 2 atom stereocenters. The second kappa shape index (κ2) is 13.6. The number of primary amides is 1. The van der Waals surface area contributed by atoms with Gasteiger partial charge in [0.15, 0.2) is 0 Å². The monoisotopic (exact) mass is 657 g/mol. The SMILES string of the molecule is C#CC1(NC(=O)C[C@H](C2=NC=C(c3ccc(-c4ccc(C5=CN=C([C@@H](CC(=O)NC6(C(N)=O)CC6)C(C)C)C5)cc4)cc3)C2)C(C)C)CC1. The Balaban J connectivity index is 1.02. The summed E-state index contributed by atoms with van der Waals surface area (Å²) in [5.41, 5.74) is 13.0. The normalized spacial score (nSPS) is 19.6. The molecule has 2 fully saturated rings. The van der Waals surface area contributed by atoms with Gasteiger partial charge in [-0.05, 0) is 70.9 Å². The molecule has 3 amide bonds. The molecule has 0 spiro atoms. The van der Waals surface area contributed by atoms with Gasteiger partial charge in [0.25, 0.3) is 0 Å². The van der Waals surface area contributed by atoms with Crippen LogP contribution in [0, 0.1) is 36.0 Å². The number of nitrogens with two attached hydrogens (primary N) is 1. The van der Waals surface area contributed by atoms with E-state index in [-0.39, 0.29) is 41.9 Å². The average Bonchev–Trinajstić information content (AvgIpc) is 3.92. The fraction of sp³-hybridized carbons (Fsp3) is 0.439. The van der Waals surface area contributed by atoms with Crippen LogP contribution in [0.1, 0.15) is 90.2 Å². The van der Waals surface area contributed by atoms with Crippen molar-refractivity contribution in [2.45, 2.75) is 90.1 Å². The minimum absolute atomic E-state index is 0.00612. The van der Waals surface area contributed by atoms with Crippen molar-refractivity contribution in [1.82, 2.24) is 10.6 Å². The van der Waals surface area contributed by atoms with Crippen molar-refractivity contribution in [2.24, 2.45) is 39.4 Å². The van der Waals surface area contributed by atoms with Gasteiger partial charge in [-0.1, -0.05) is 82.1 Å². The Bertz CT molecular complexity index is 1800. The zero-order valence-electron chi connectivity index (χ0n) is 29.0. The summed E-state index contributed by atoms with van der Waals surface area (Å²) in [6.07, 6.45) is 14.5. The number of hydrogen-bond acceptors (Lipinski definition) is 5. The third-order valence-corrected chi connectivity index (χ3v) is 10.6. The maximum Gasteiger partial charge on any atom is 0.243 e. The van der Waals surface area contributed by atoms with Gasteiger partial charge in [-0.25, -0.2) is 0 Å². The first-order valence-corrected chi connectivity index (χ1v) is 17.5. The van der Waals surface area contributed by atoms with Gasteiger partial charge in [-0.3, -0.25) is 24.4 Å². The highest BCUT2D eigenvalue weighted by Crippen LogP contribution is 2.38. The van der Waals surface area contributed by atoms with Gasteiger partial charge in [-0.2, -0.15) is 0 Å². The van der Waals surface area contributed by atoms with E-state index in [0.717, 1.165) is 64.1 Å². The molecule has 2 aliphatic carbocycles. The Labute approximate surface area is 289 Å². The van der Waals surface area contributed by atoms with Gasteiger partial charge in [0.1, 0.15) is 11.1 Å². The summed E-state index contributed by atoms with van der Waals surface area (Å²) in [5.74, 6) is 2.70. The minimum Gasteiger partial charge on any atom is -0.368 e. The molecule has 2 aromatic rings. The van der Waals surface area contributed by atoms with E-state index in [1.807, 2.05) is 12.4 Å². The van der Waals surface area contributed by atoms with E-state index in [2.05, 4.69) is 92.8 Å². The van der Waals surface area contributed by atoms with Crippen LogP contribution < -0.4 is 16.4 Å². The fourth-order valence-corrected chi connectivity index (χ4v) is 6.96. The summed E-state index contributed by atoms with van der Waals surface area (Å²) in [4.78, 5) is 46.9. The number of benzene rings is 2. The molecule has 2 heterocycles. The van der Waals surface area contributed by atoms with E-state index in [1.54, 1.807) is 0 Å². The van der Waals surface area contributed by atoms with Gasteiger partial charge in [-0.15, -0.1) is 6.42 Å². The first-order chi connectivity index (χ1) is 23.4. The fourth-order valence-electron chi connectivity index (χ4n) is 6.96. The topological polar surface area (TPSA) is 126 Å². The predicted octanol–water partition coefficient (Wildman–Crippen LogP) is 6.47. The van der Waals surface area contributed by atoms with Gasteiger partial charge < -0.3 is 16.4 Å². The van der Waals surface area contributed by atoms with Gasteiger partial charge in [0, 0.05) is 61.3 Å². The molecule has 0 bridgehead atoms. The molecule has 4 aliphatic rings. The molecule has 2 aromatic carbocycles. The van der Waals surface area contributed by atoms with Crippen LogP contribution in [0.5, 0.6) is 0 Å². The number of carbonyl (C=O) groups is 3. The van der Waals surface area contributed by atoms with E-state index in [0.29, 0.717) is 25.7 Å². The number of terminal acetylenes is 1. The molecule has 2 aliphatic heterocycles. The zero-order valence-corrected chi connectivity index (χ0v) is 29.0. The van der Waals surface area contributed by atoms with Crippen molar-refractivity contribution < 1.29 is 14.4 Å². The number of nitrogens with zero attached hydrogens (tertiary/aromatic N) is 2. The van der Waals surface area contributed by atoms with Crippen molar-refractivity contribution in [3.8, 4) is 23.5 Å². The standard InChI is InChI=1S/C41H47N5O3/c1-6-40(15-16-40)45-37(47)21-33(25(2)3)35-19-31(23-43-35)29-11-7-27(8-12-29)28-9-13-30(14-10-28)32-20-36(44-24-32)34(26(4)5)22-38(48)46-41(17-18-41)39(42)49/h1,7-14,23-26,33-34H,15-22H2,2-5H3,(H2,42,49)(H,45,47)(H,46,48)/t33-,34-/m0/s1. The van der Waals surface area contributed by atoms with Crippen molar-refractivity contribution in [2.75, 3.05) is 0 Å². The van der Waals surface area contributed by atoms with Gasteiger partial charge in [0.05, 0.1) is 0 Å². The van der Waals surface area contributed by atoms with Crippen molar-refractivity contribution >= 4 is 40.3 Å². The van der Waals surface area contributed by atoms with E-state index >= 15 is 0 Å². The van der Waals surface area contributed by atoms with Crippen LogP contribution in [0.3, 0.4) is 0 Å². The summed E-state index contributed by atoms with van der Waals surface area (Å²) in [6.45, 7) is 8.49. The third kappa shape index (κ3) is 7.62. The van der Waals surface area contributed by atoms with E-state index < -0.39 is 17.0 Å². The highest BCUT2D eigenvalue weighted by atomic mass is 16.2. The first-order valence-electron chi connectivity index (χ1n) is 17.5. The van der Waals surface area contributed by atoms with Gasteiger partial charge >= 0.3 is 0 Å². The Morgan fingerprint density at radius 1 is 0.714 bits per heavy atom. The second-order valence-corrected chi connectivity index (χ2v) is 14.9. The number of nitrogens with one attached hydrogen (secondary N) is 2. The molecular formula is C41H47N5O3.